The molecule has 0 atom stereocenters. The minimum Gasteiger partial charge on any atom is -0.480 e. The van der Waals surface area contributed by atoms with Crippen LogP contribution in [-0.2, 0) is 44.6 Å². The van der Waals surface area contributed by atoms with Crippen LogP contribution in [0.2, 0.25) is 0 Å². The zero-order valence-electron chi connectivity index (χ0n) is 21.0. The fraction of sp³-hybridized carbons (Fsp3) is 0.680. The summed E-state index contributed by atoms with van der Waals surface area (Å²) in [7, 11) is 0. The molecule has 1 aromatic rings. The first kappa shape index (κ1) is 31.7. The number of carboxylic acid groups (broad SMARTS) is 1. The molecular formula is C25H41NO10. The molecule has 0 saturated heterocycles. The number of carboxylic acids is 1. The zero-order valence-corrected chi connectivity index (χ0v) is 21.0. The minimum atomic E-state index is -0.995. The number of amides is 1. The number of rotatable bonds is 25. The van der Waals surface area contributed by atoms with Crippen molar-refractivity contribution in [3.8, 4) is 0 Å². The van der Waals surface area contributed by atoms with E-state index < -0.39 is 12.1 Å². The molecule has 0 heterocycles. The number of alkyl carbamates (subject to hydrolysis) is 1. The molecule has 0 unspecified atom stereocenters. The molecule has 11 nitrogen and oxygen atoms in total. The minimum absolute atomic E-state index is 0.244. The summed E-state index contributed by atoms with van der Waals surface area (Å²) < 4.78 is 37.0. The summed E-state index contributed by atoms with van der Waals surface area (Å²) in [5.74, 6) is -0.995. The molecule has 0 radical (unpaired) electrons. The molecule has 0 aliphatic rings. The van der Waals surface area contributed by atoms with E-state index in [1.807, 2.05) is 30.3 Å². The first-order valence-corrected chi connectivity index (χ1v) is 12.3. The van der Waals surface area contributed by atoms with Crippen LogP contribution in [-0.4, -0.2) is 103 Å². The highest BCUT2D eigenvalue weighted by Crippen LogP contribution is 2.01. The van der Waals surface area contributed by atoms with E-state index in [-0.39, 0.29) is 19.8 Å². The molecule has 0 fully saturated rings. The third-order valence-electron chi connectivity index (χ3n) is 4.53. The second-order valence-corrected chi connectivity index (χ2v) is 7.56. The molecule has 0 spiro atoms. The first-order chi connectivity index (χ1) is 17.7. The Hall–Kier alpha value is -2.28. The standard InChI is InChI=1S/C25H41NO10/c27-24(28)22-35-20-19-34-18-17-33-16-15-32-14-13-31-12-11-30-10-6-2-5-9-26-25(29)36-21-23-7-3-1-4-8-23/h1,3-4,7-8H,2,5-6,9-22H2,(H,26,29)(H,27,28). The van der Waals surface area contributed by atoms with Crippen molar-refractivity contribution >= 4 is 12.1 Å². The Morgan fingerprint density at radius 1 is 0.639 bits per heavy atom. The Morgan fingerprint density at radius 3 is 1.67 bits per heavy atom. The van der Waals surface area contributed by atoms with Crippen LogP contribution in [0.15, 0.2) is 30.3 Å². The third kappa shape index (κ3) is 22.2. The zero-order chi connectivity index (χ0) is 25.9. The number of carbonyl (C=O) groups excluding carboxylic acids is 1. The van der Waals surface area contributed by atoms with Crippen molar-refractivity contribution < 1.29 is 47.9 Å². The summed E-state index contributed by atoms with van der Waals surface area (Å²) in [4.78, 5) is 21.9. The van der Waals surface area contributed by atoms with Gasteiger partial charge in [0.05, 0.1) is 66.1 Å². The molecule has 1 aromatic carbocycles. The second kappa shape index (κ2) is 24.4. The quantitative estimate of drug-likeness (QED) is 0.187. The normalized spacial score (nSPS) is 10.9. The van der Waals surface area contributed by atoms with Crippen LogP contribution in [0.5, 0.6) is 0 Å². The number of hydrogen-bond acceptors (Lipinski definition) is 9. The Balaban J connectivity index is 1.69. The van der Waals surface area contributed by atoms with Crippen LogP contribution < -0.4 is 5.32 Å². The van der Waals surface area contributed by atoms with Gasteiger partial charge in [0, 0.05) is 13.2 Å². The van der Waals surface area contributed by atoms with Crippen LogP contribution >= 0.6 is 0 Å². The van der Waals surface area contributed by atoms with Gasteiger partial charge in [-0.15, -0.1) is 0 Å². The predicted octanol–water partition coefficient (Wildman–Crippen LogP) is 2.27. The second-order valence-electron chi connectivity index (χ2n) is 7.56. The number of unbranched alkanes of at least 4 members (excludes halogenated alkanes) is 2. The van der Waals surface area contributed by atoms with Gasteiger partial charge in [0.2, 0.25) is 0 Å². The van der Waals surface area contributed by atoms with E-state index in [1.54, 1.807) is 0 Å². The average Bonchev–Trinajstić information content (AvgIpc) is 2.88. The molecule has 206 valence electrons. The summed E-state index contributed by atoms with van der Waals surface area (Å²) in [5.41, 5.74) is 0.964. The highest BCUT2D eigenvalue weighted by atomic mass is 16.6. The van der Waals surface area contributed by atoms with Crippen molar-refractivity contribution in [2.75, 3.05) is 85.8 Å². The fourth-order valence-electron chi connectivity index (χ4n) is 2.73. The summed E-state index contributed by atoms with van der Waals surface area (Å²) in [6.07, 6.45) is 2.36. The smallest absolute Gasteiger partial charge is 0.407 e. The molecule has 0 saturated carbocycles. The highest BCUT2D eigenvalue weighted by molar-refractivity contribution is 5.68. The van der Waals surface area contributed by atoms with E-state index in [0.29, 0.717) is 72.6 Å². The number of ether oxygens (including phenoxy) is 7. The van der Waals surface area contributed by atoms with Gasteiger partial charge in [0.1, 0.15) is 13.2 Å². The van der Waals surface area contributed by atoms with Gasteiger partial charge in [-0.2, -0.15) is 0 Å². The lowest BCUT2D eigenvalue weighted by Crippen LogP contribution is -2.25. The van der Waals surface area contributed by atoms with Crippen LogP contribution in [0.25, 0.3) is 0 Å². The summed E-state index contributed by atoms with van der Waals surface area (Å²) in [5, 5.41) is 11.2. The monoisotopic (exact) mass is 515 g/mol. The summed E-state index contributed by atoms with van der Waals surface area (Å²) >= 11 is 0. The largest absolute Gasteiger partial charge is 0.480 e. The number of hydrogen-bond donors (Lipinski definition) is 2. The lowest BCUT2D eigenvalue weighted by atomic mass is 10.2. The molecule has 0 aliphatic carbocycles. The first-order valence-electron chi connectivity index (χ1n) is 12.3. The predicted molar refractivity (Wildman–Crippen MR) is 131 cm³/mol. The van der Waals surface area contributed by atoms with Crippen LogP contribution in [0, 0.1) is 0 Å². The van der Waals surface area contributed by atoms with E-state index in [4.69, 9.17) is 38.3 Å². The Labute approximate surface area is 213 Å². The van der Waals surface area contributed by atoms with Gasteiger partial charge in [0.25, 0.3) is 0 Å². The SMILES string of the molecule is O=C(O)COCCOCCOCCOCCOCCOCCCCCNC(=O)OCc1ccccc1. The number of nitrogens with one attached hydrogen (secondary N) is 1. The van der Waals surface area contributed by atoms with Gasteiger partial charge in [-0.05, 0) is 24.8 Å². The summed E-state index contributed by atoms with van der Waals surface area (Å²) in [6, 6.07) is 9.58. The molecule has 2 N–H and O–H groups in total. The van der Waals surface area contributed by atoms with Gasteiger partial charge in [0.15, 0.2) is 0 Å². The molecule has 0 aromatic heterocycles. The molecular weight excluding hydrogens is 474 g/mol. The lowest BCUT2D eigenvalue weighted by Gasteiger charge is -2.08. The topological polar surface area (TPSA) is 131 Å². The Kier molecular flexibility index (Phi) is 21.5. The maximum Gasteiger partial charge on any atom is 0.407 e. The number of carbonyl (C=O) groups is 2. The molecule has 1 rings (SSSR count). The van der Waals surface area contributed by atoms with E-state index >= 15 is 0 Å². The average molecular weight is 516 g/mol. The molecule has 0 aliphatic heterocycles. The number of benzene rings is 1. The van der Waals surface area contributed by atoms with E-state index in [2.05, 4.69) is 5.32 Å². The van der Waals surface area contributed by atoms with Crippen molar-refractivity contribution in [1.82, 2.24) is 5.32 Å². The van der Waals surface area contributed by atoms with E-state index in [1.165, 1.54) is 0 Å². The van der Waals surface area contributed by atoms with Crippen molar-refractivity contribution in [3.63, 3.8) is 0 Å². The Bertz CT molecular complexity index is 647. The third-order valence-corrected chi connectivity index (χ3v) is 4.53. The molecule has 11 heteroatoms. The van der Waals surface area contributed by atoms with Crippen molar-refractivity contribution in [3.05, 3.63) is 35.9 Å². The fourth-order valence-corrected chi connectivity index (χ4v) is 2.73. The van der Waals surface area contributed by atoms with E-state index in [0.717, 1.165) is 24.8 Å². The van der Waals surface area contributed by atoms with Crippen molar-refractivity contribution in [1.29, 1.82) is 0 Å². The lowest BCUT2D eigenvalue weighted by molar-refractivity contribution is -0.142. The maximum absolute atomic E-state index is 11.6. The van der Waals surface area contributed by atoms with Crippen molar-refractivity contribution in [2.45, 2.75) is 25.9 Å². The molecule has 36 heavy (non-hydrogen) atoms. The van der Waals surface area contributed by atoms with Crippen LogP contribution in [0.3, 0.4) is 0 Å². The molecule has 1 amide bonds. The molecule has 0 bridgehead atoms. The summed E-state index contributed by atoms with van der Waals surface area (Å²) in [6.45, 7) is 5.61. The van der Waals surface area contributed by atoms with E-state index in [9.17, 15) is 9.59 Å². The van der Waals surface area contributed by atoms with Crippen LogP contribution in [0.1, 0.15) is 24.8 Å². The van der Waals surface area contributed by atoms with Crippen molar-refractivity contribution in [2.24, 2.45) is 0 Å². The van der Waals surface area contributed by atoms with Gasteiger partial charge in [-0.3, -0.25) is 0 Å². The van der Waals surface area contributed by atoms with Gasteiger partial charge in [-0.1, -0.05) is 30.3 Å². The van der Waals surface area contributed by atoms with Gasteiger partial charge < -0.3 is 43.6 Å². The Morgan fingerprint density at radius 2 is 1.14 bits per heavy atom. The highest BCUT2D eigenvalue weighted by Gasteiger charge is 2.01. The van der Waals surface area contributed by atoms with Crippen LogP contribution in [0.4, 0.5) is 4.79 Å². The number of aliphatic carboxylic acids is 1. The van der Waals surface area contributed by atoms with Gasteiger partial charge in [-0.25, -0.2) is 9.59 Å². The maximum atomic E-state index is 11.6. The van der Waals surface area contributed by atoms with Gasteiger partial charge >= 0.3 is 12.1 Å².